The molecule has 11 heteroatoms. The fraction of sp³-hybridized carbons (Fsp3) is 0.233. The number of aromatic nitrogens is 2. The smallest absolute Gasteiger partial charge is 0.138 e. The van der Waals surface area contributed by atoms with Crippen molar-refractivity contribution in [1.29, 1.82) is 0 Å². The Morgan fingerprint density at radius 2 is 1.14 bits per heavy atom. The first kappa shape index (κ1) is 65.7. The van der Waals surface area contributed by atoms with Crippen molar-refractivity contribution in [2.24, 2.45) is 10.8 Å². The normalized spacial score (nSPS) is 13.8. The van der Waals surface area contributed by atoms with Crippen LogP contribution in [0.5, 0.6) is 23.0 Å². The van der Waals surface area contributed by atoms with Crippen LogP contribution < -0.4 is 14.4 Å². The molecular formula is C73H75Ir2N3O6-2. The molecule has 438 valence electrons. The summed E-state index contributed by atoms with van der Waals surface area (Å²) in [5, 5.41) is 39.1. The van der Waals surface area contributed by atoms with Gasteiger partial charge in [-0.05, 0) is 98.9 Å². The number of pyridine rings is 2. The Morgan fingerprint density at radius 1 is 0.571 bits per heavy atom. The van der Waals surface area contributed by atoms with Gasteiger partial charge in [0, 0.05) is 80.7 Å². The quantitative estimate of drug-likeness (QED) is 0.0911. The summed E-state index contributed by atoms with van der Waals surface area (Å²) in [7, 11) is 0. The molecule has 0 fully saturated rings. The van der Waals surface area contributed by atoms with E-state index in [0.29, 0.717) is 5.56 Å². The van der Waals surface area contributed by atoms with Crippen LogP contribution in [0.25, 0.3) is 28.3 Å². The van der Waals surface area contributed by atoms with Gasteiger partial charge in [0.2, 0.25) is 0 Å². The van der Waals surface area contributed by atoms with Crippen molar-refractivity contribution >= 4 is 22.8 Å². The summed E-state index contributed by atoms with van der Waals surface area (Å²) in [6, 6.07) is 70.2. The Balaban J connectivity index is 0.000000187. The van der Waals surface area contributed by atoms with Gasteiger partial charge in [-0.2, -0.15) is 0 Å². The van der Waals surface area contributed by atoms with Crippen molar-refractivity contribution in [2.75, 3.05) is 4.90 Å². The zero-order valence-corrected chi connectivity index (χ0v) is 54.3. The number of aliphatic hydroxyl groups excluding tert-OH is 4. The second-order valence-electron chi connectivity index (χ2n) is 23.9. The van der Waals surface area contributed by atoms with Crippen LogP contribution in [0.4, 0.5) is 17.1 Å². The molecule has 9 aromatic rings. The van der Waals surface area contributed by atoms with E-state index in [1.807, 2.05) is 163 Å². The SMILES string of the molecule is CC(C)(C)C(O)=CC(O)C(C)(C)C.CC(C)(C)c1ccc(N2c3ccccc3Oc3c(-c4ccccn4)[c-]ccc32)cc1.CC1(C)c2ccc(-c3ccccn3)[c-]c2Oc2ccccc21.OC(=CC(O)c1ccccc1)c1ccccc1.[Ir].[Ir]. The summed E-state index contributed by atoms with van der Waals surface area (Å²) in [4.78, 5) is 11.2. The molecule has 0 spiro atoms. The number of hydrogen-bond acceptors (Lipinski definition) is 9. The van der Waals surface area contributed by atoms with E-state index in [9.17, 15) is 20.4 Å². The maximum atomic E-state index is 9.92. The average molecular weight is 1470 g/mol. The van der Waals surface area contributed by atoms with Gasteiger partial charge < -0.3 is 44.8 Å². The van der Waals surface area contributed by atoms with Crippen LogP contribution in [-0.2, 0) is 51.0 Å². The number of allylic oxidation sites excluding steroid dienone is 1. The molecule has 0 amide bonds. The van der Waals surface area contributed by atoms with E-state index in [0.717, 1.165) is 73.7 Å². The summed E-state index contributed by atoms with van der Waals surface area (Å²) in [6.45, 7) is 22.7. The van der Waals surface area contributed by atoms with Crippen LogP contribution in [0.3, 0.4) is 0 Å². The van der Waals surface area contributed by atoms with Gasteiger partial charge in [-0.3, -0.25) is 0 Å². The number of rotatable bonds is 7. The second kappa shape index (κ2) is 28.4. The van der Waals surface area contributed by atoms with Gasteiger partial charge in [-0.25, -0.2) is 0 Å². The number of ether oxygens (including phenoxy) is 2. The molecular weight excluding hydrogens is 1400 g/mol. The average Bonchev–Trinajstić information content (AvgIpc) is 1.75. The van der Waals surface area contributed by atoms with Crippen LogP contribution in [0.15, 0.2) is 224 Å². The van der Waals surface area contributed by atoms with E-state index < -0.39 is 12.2 Å². The Bertz CT molecular complexity index is 3610. The van der Waals surface area contributed by atoms with E-state index in [-0.39, 0.29) is 73.4 Å². The summed E-state index contributed by atoms with van der Waals surface area (Å²) in [5.74, 6) is 3.63. The molecule has 2 aliphatic rings. The van der Waals surface area contributed by atoms with Gasteiger partial charge in [-0.1, -0.05) is 221 Å². The van der Waals surface area contributed by atoms with Crippen molar-refractivity contribution in [2.45, 2.75) is 99.2 Å². The topological polar surface area (TPSA) is 128 Å². The minimum atomic E-state index is -0.795. The molecule has 4 heterocycles. The second-order valence-corrected chi connectivity index (χ2v) is 23.9. The van der Waals surface area contributed by atoms with E-state index >= 15 is 0 Å². The molecule has 4 N–H and O–H groups in total. The van der Waals surface area contributed by atoms with E-state index in [2.05, 4.69) is 122 Å². The predicted molar refractivity (Wildman–Crippen MR) is 333 cm³/mol. The first-order valence-electron chi connectivity index (χ1n) is 27.7. The first-order chi connectivity index (χ1) is 39.0. The molecule has 2 aromatic heterocycles. The molecule has 2 atom stereocenters. The van der Waals surface area contributed by atoms with Gasteiger partial charge in [0.05, 0.1) is 23.3 Å². The number of aliphatic hydroxyl groups is 4. The Hall–Kier alpha value is -7.46. The van der Waals surface area contributed by atoms with Crippen molar-refractivity contribution < 1.29 is 70.1 Å². The number of anilines is 3. The van der Waals surface area contributed by atoms with Gasteiger partial charge >= 0.3 is 0 Å². The molecule has 11 rings (SSSR count). The van der Waals surface area contributed by atoms with Gasteiger partial charge in [0.1, 0.15) is 23.4 Å². The molecule has 2 radical (unpaired) electrons. The molecule has 0 saturated carbocycles. The number of benzene rings is 7. The van der Waals surface area contributed by atoms with Crippen LogP contribution in [0, 0.1) is 23.0 Å². The fourth-order valence-electron chi connectivity index (χ4n) is 9.11. The van der Waals surface area contributed by atoms with Crippen LogP contribution in [-0.4, -0.2) is 36.5 Å². The third-order valence-corrected chi connectivity index (χ3v) is 14.2. The summed E-state index contributed by atoms with van der Waals surface area (Å²) < 4.78 is 12.5. The number of fused-ring (bicyclic) bond motifs is 4. The standard InChI is InChI=1S/C27H23N2O.C20H16NO.C15H14O2.C11H22O2.2Ir/c1-27(2,3)19-14-16-20(17-15-19)29-23-11-4-5-13-25(23)30-26-21(9-8-12-24(26)29)22-10-6-7-18-28-22;1-20(2)15-7-3-4-9-18(15)22-19-13-14(10-11-16(19)20)17-8-5-6-12-21-17;16-14(12-7-3-1-4-8-12)11-15(17)13-9-5-2-6-10-13;1-10(2,3)8(12)7-9(13)11(4,5)6;;/h4-8,10-18H,1-3H3;3-12H,1-2H3;1-11,14,16-17H;7-8,12-13H,1-6H3;;/q2*-1;;;;. The summed E-state index contributed by atoms with van der Waals surface area (Å²) in [5.41, 5.74) is 11.3. The third kappa shape index (κ3) is 16.2. The van der Waals surface area contributed by atoms with Gasteiger partial charge in [0.15, 0.2) is 0 Å². The monoisotopic (exact) mass is 1480 g/mol. The third-order valence-electron chi connectivity index (χ3n) is 14.2. The minimum Gasteiger partial charge on any atom is -0.512 e. The Morgan fingerprint density at radius 3 is 1.74 bits per heavy atom. The number of hydrogen-bond donors (Lipinski definition) is 4. The van der Waals surface area contributed by atoms with Crippen molar-refractivity contribution in [3.63, 3.8) is 0 Å². The first-order valence-corrected chi connectivity index (χ1v) is 27.7. The minimum absolute atomic E-state index is 0. The van der Waals surface area contributed by atoms with E-state index in [1.165, 1.54) is 23.3 Å². The fourth-order valence-corrected chi connectivity index (χ4v) is 9.11. The van der Waals surface area contributed by atoms with Crippen LogP contribution >= 0.6 is 0 Å². The van der Waals surface area contributed by atoms with E-state index in [4.69, 9.17) is 9.47 Å². The van der Waals surface area contributed by atoms with Gasteiger partial charge in [0.25, 0.3) is 0 Å². The molecule has 2 unspecified atom stereocenters. The Kier molecular flexibility index (Phi) is 22.2. The van der Waals surface area contributed by atoms with Gasteiger partial charge in [-0.15, -0.1) is 35.9 Å². The van der Waals surface area contributed by atoms with Crippen molar-refractivity contribution in [3.05, 3.63) is 264 Å². The Labute approximate surface area is 524 Å². The maximum Gasteiger partial charge on any atom is 0.138 e. The largest absolute Gasteiger partial charge is 0.512 e. The molecule has 2 aliphatic heterocycles. The molecule has 0 aliphatic carbocycles. The summed E-state index contributed by atoms with van der Waals surface area (Å²) in [6.07, 6.45) is 5.15. The van der Waals surface area contributed by atoms with Crippen LogP contribution in [0.2, 0.25) is 0 Å². The van der Waals surface area contributed by atoms with Crippen molar-refractivity contribution in [3.8, 4) is 45.5 Å². The summed E-state index contributed by atoms with van der Waals surface area (Å²) >= 11 is 0. The number of nitrogens with zero attached hydrogens (tertiary/aromatic N) is 3. The maximum absolute atomic E-state index is 9.92. The van der Waals surface area contributed by atoms with Crippen LogP contribution in [0.1, 0.15) is 110 Å². The molecule has 84 heavy (non-hydrogen) atoms. The molecule has 9 nitrogen and oxygen atoms in total. The molecule has 7 aromatic carbocycles. The molecule has 0 bridgehead atoms. The van der Waals surface area contributed by atoms with Crippen molar-refractivity contribution in [1.82, 2.24) is 9.97 Å². The zero-order valence-electron chi connectivity index (χ0n) is 49.6. The number of para-hydroxylation sites is 3. The van der Waals surface area contributed by atoms with E-state index in [1.54, 1.807) is 24.5 Å². The predicted octanol–water partition coefficient (Wildman–Crippen LogP) is 18.6. The zero-order chi connectivity index (χ0) is 58.8. The molecule has 0 saturated heterocycles.